The Kier molecular flexibility index (Phi) is 15.6. The Morgan fingerprint density at radius 1 is 0.328 bits per heavy atom. The molecule has 9 heterocycles. The van der Waals surface area contributed by atoms with Gasteiger partial charge in [-0.25, -0.2) is 15.0 Å². The highest BCUT2D eigenvalue weighted by Crippen LogP contribution is 2.42. The lowest BCUT2D eigenvalue weighted by Gasteiger charge is -2.10. The van der Waals surface area contributed by atoms with E-state index in [1.54, 1.807) is 22.7 Å². The minimum absolute atomic E-state index is 0.849. The van der Waals surface area contributed by atoms with Gasteiger partial charge in [0.15, 0.2) is 0 Å². The Morgan fingerprint density at radius 3 is 1.19 bits per heavy atom. The lowest BCUT2D eigenvalue weighted by atomic mass is 10.1. The third-order valence-electron chi connectivity index (χ3n) is 11.6. The average molecular weight is 950 g/mol. The van der Waals surface area contributed by atoms with E-state index in [9.17, 15) is 0 Å². The summed E-state index contributed by atoms with van der Waals surface area (Å²) in [7, 11) is 0. The van der Waals surface area contributed by atoms with Crippen molar-refractivity contribution in [2.45, 2.75) is 104 Å². The van der Waals surface area contributed by atoms with Crippen LogP contribution in [0.25, 0.3) is 84.3 Å². The van der Waals surface area contributed by atoms with Crippen LogP contribution in [0.4, 0.5) is 0 Å². The molecule has 0 aliphatic heterocycles. The highest BCUT2D eigenvalue weighted by molar-refractivity contribution is 7.24. The number of rotatable bonds is 22. The standard InChI is InChI=1S/C55H55N3S6/c1-3-5-7-9-11-13-18-40-24-26-48(61-40)38-34-44(57-46(36-38)50-28-30-54(63-50)52-22-16-32-59-52)42-20-15-21-43(56-42)45-35-39(49-27-25-41(62-49)19-14-12-10-8-6-4-2)37-47(58-45)51-29-31-55(64-51)53-23-17-33-60-53/h15-17,20-37H,3-14,18-19H2,1-2H3. The van der Waals surface area contributed by atoms with Crippen LogP contribution in [0, 0.1) is 0 Å². The highest BCUT2D eigenvalue weighted by Gasteiger charge is 2.17. The number of aromatic nitrogens is 3. The summed E-state index contributed by atoms with van der Waals surface area (Å²) >= 11 is 11.0. The first-order valence-corrected chi connectivity index (χ1v) is 28.1. The zero-order valence-electron chi connectivity index (χ0n) is 36.8. The van der Waals surface area contributed by atoms with E-state index in [1.807, 2.05) is 45.3 Å². The number of nitrogens with zero attached hydrogens (tertiary/aromatic N) is 3. The van der Waals surface area contributed by atoms with E-state index >= 15 is 0 Å². The van der Waals surface area contributed by atoms with Crippen molar-refractivity contribution < 1.29 is 0 Å². The molecule has 64 heavy (non-hydrogen) atoms. The molecular weight excluding hydrogens is 895 g/mol. The molecule has 326 valence electrons. The number of thiophene rings is 6. The smallest absolute Gasteiger partial charge is 0.0900 e. The second-order valence-corrected chi connectivity index (χ2v) is 22.9. The van der Waals surface area contributed by atoms with E-state index in [0.717, 1.165) is 56.8 Å². The van der Waals surface area contributed by atoms with Gasteiger partial charge >= 0.3 is 0 Å². The Balaban J connectivity index is 1.05. The number of unbranched alkanes of at least 4 members (excludes halogenated alkanes) is 10. The van der Waals surface area contributed by atoms with Crippen LogP contribution in [0.15, 0.2) is 126 Å². The van der Waals surface area contributed by atoms with Crippen LogP contribution in [0.5, 0.6) is 0 Å². The van der Waals surface area contributed by atoms with Crippen molar-refractivity contribution in [3.8, 4) is 84.3 Å². The van der Waals surface area contributed by atoms with Gasteiger partial charge in [-0.3, -0.25) is 0 Å². The summed E-state index contributed by atoms with van der Waals surface area (Å²) in [4.78, 5) is 29.0. The molecular formula is C55H55N3S6. The SMILES string of the molecule is CCCCCCCCc1ccc(-c2cc(-c3cccc(-c4cc(-c5ccc(CCCCCCCC)s5)cc(-c5ccc(-c6cccs6)s5)n4)n3)nc(-c3ccc(-c4cccs4)s3)c2)s1. The maximum Gasteiger partial charge on any atom is 0.0900 e. The molecule has 0 unspecified atom stereocenters. The molecule has 0 N–H and O–H groups in total. The predicted octanol–water partition coefficient (Wildman–Crippen LogP) is 19.4. The minimum atomic E-state index is 0.849. The summed E-state index contributed by atoms with van der Waals surface area (Å²) in [5.74, 6) is 0. The first-order chi connectivity index (χ1) is 31.6. The summed E-state index contributed by atoms with van der Waals surface area (Å²) in [5.41, 5.74) is 7.78. The van der Waals surface area contributed by atoms with Crippen LogP contribution in [0.1, 0.15) is 101 Å². The highest BCUT2D eigenvalue weighted by atomic mass is 32.1. The first-order valence-electron chi connectivity index (χ1n) is 23.1. The van der Waals surface area contributed by atoms with E-state index < -0.39 is 0 Å². The molecule has 0 spiro atoms. The maximum atomic E-state index is 5.39. The third-order valence-corrected chi connectivity index (χ3v) is 18.4. The number of hydrogen-bond acceptors (Lipinski definition) is 9. The molecule has 0 fully saturated rings. The van der Waals surface area contributed by atoms with Crippen LogP contribution < -0.4 is 0 Å². The topological polar surface area (TPSA) is 38.7 Å². The summed E-state index contributed by atoms with van der Waals surface area (Å²) in [6.45, 7) is 4.57. The van der Waals surface area contributed by atoms with Gasteiger partial charge in [-0.05, 0) is 145 Å². The predicted molar refractivity (Wildman–Crippen MR) is 285 cm³/mol. The van der Waals surface area contributed by atoms with E-state index in [4.69, 9.17) is 15.0 Å². The summed E-state index contributed by atoms with van der Waals surface area (Å²) in [6, 6.07) is 42.3. The second-order valence-electron chi connectivity index (χ2n) is 16.5. The quantitative estimate of drug-likeness (QED) is 0.0636. The fraction of sp³-hybridized carbons (Fsp3) is 0.291. The Bertz CT molecular complexity index is 2650. The van der Waals surface area contributed by atoms with Gasteiger partial charge in [-0.1, -0.05) is 96.3 Å². The minimum Gasteiger partial charge on any atom is -0.245 e. The van der Waals surface area contributed by atoms with E-state index in [-0.39, 0.29) is 0 Å². The molecule has 9 rings (SSSR count). The van der Waals surface area contributed by atoms with Crippen molar-refractivity contribution in [1.82, 2.24) is 15.0 Å². The Morgan fingerprint density at radius 2 is 0.734 bits per heavy atom. The molecule has 9 aromatic rings. The molecule has 3 nitrogen and oxygen atoms in total. The monoisotopic (exact) mass is 949 g/mol. The molecule has 0 atom stereocenters. The van der Waals surface area contributed by atoms with Crippen molar-refractivity contribution in [2.24, 2.45) is 0 Å². The molecule has 0 radical (unpaired) electrons. The molecule has 0 saturated carbocycles. The van der Waals surface area contributed by atoms with Gasteiger partial charge in [0.2, 0.25) is 0 Å². The lowest BCUT2D eigenvalue weighted by molar-refractivity contribution is 0.609. The van der Waals surface area contributed by atoms with Gasteiger partial charge in [-0.2, -0.15) is 0 Å². The van der Waals surface area contributed by atoms with Crippen LogP contribution >= 0.6 is 68.0 Å². The van der Waals surface area contributed by atoms with Crippen molar-refractivity contribution in [1.29, 1.82) is 0 Å². The number of pyridine rings is 3. The molecule has 0 saturated heterocycles. The number of hydrogen-bond donors (Lipinski definition) is 0. The van der Waals surface area contributed by atoms with Crippen molar-refractivity contribution >= 4 is 68.0 Å². The normalized spacial score (nSPS) is 11.5. The van der Waals surface area contributed by atoms with Crippen LogP contribution in [-0.4, -0.2) is 15.0 Å². The molecule has 0 aromatic carbocycles. The van der Waals surface area contributed by atoms with Crippen molar-refractivity contribution in [2.75, 3.05) is 0 Å². The molecule has 9 heteroatoms. The van der Waals surface area contributed by atoms with E-state index in [0.29, 0.717) is 0 Å². The van der Waals surface area contributed by atoms with Gasteiger partial charge in [0.1, 0.15) is 0 Å². The van der Waals surface area contributed by atoms with Crippen LogP contribution in [0.2, 0.25) is 0 Å². The first kappa shape index (κ1) is 44.8. The largest absolute Gasteiger partial charge is 0.245 e. The molecule has 9 aromatic heterocycles. The molecule has 0 amide bonds. The Hall–Kier alpha value is -4.35. The zero-order valence-corrected chi connectivity index (χ0v) is 41.7. The van der Waals surface area contributed by atoms with Gasteiger partial charge in [0, 0.05) is 39.0 Å². The second kappa shape index (κ2) is 22.2. The molecule has 0 aliphatic carbocycles. The third kappa shape index (κ3) is 11.4. The summed E-state index contributed by atoms with van der Waals surface area (Å²) < 4.78 is 0. The number of aryl methyl sites for hydroxylation is 2. The van der Waals surface area contributed by atoms with Crippen molar-refractivity contribution in [3.63, 3.8) is 0 Å². The van der Waals surface area contributed by atoms with Gasteiger partial charge < -0.3 is 0 Å². The van der Waals surface area contributed by atoms with Gasteiger partial charge in [0.05, 0.1) is 43.9 Å². The Labute approximate surface area is 403 Å². The average Bonchev–Trinajstić information content (AvgIpc) is 4.19. The molecule has 0 bridgehead atoms. The fourth-order valence-electron chi connectivity index (χ4n) is 8.13. The summed E-state index contributed by atoms with van der Waals surface area (Å²) in [5, 5.41) is 4.30. The fourth-order valence-corrected chi connectivity index (χ4v) is 13.8. The maximum absolute atomic E-state index is 5.39. The van der Waals surface area contributed by atoms with Gasteiger partial charge in [0.25, 0.3) is 0 Å². The van der Waals surface area contributed by atoms with Crippen LogP contribution in [0.3, 0.4) is 0 Å². The van der Waals surface area contributed by atoms with E-state index in [2.05, 4.69) is 140 Å². The van der Waals surface area contributed by atoms with E-state index in [1.165, 1.54) is 127 Å². The lowest BCUT2D eigenvalue weighted by Crippen LogP contribution is -1.95. The van der Waals surface area contributed by atoms with Crippen molar-refractivity contribution in [3.05, 3.63) is 136 Å². The molecule has 0 aliphatic rings. The van der Waals surface area contributed by atoms with Crippen LogP contribution in [-0.2, 0) is 12.8 Å². The van der Waals surface area contributed by atoms with Gasteiger partial charge in [-0.15, -0.1) is 68.0 Å². The summed E-state index contributed by atoms with van der Waals surface area (Å²) in [6.07, 6.45) is 18.0. The zero-order chi connectivity index (χ0) is 43.5.